The maximum absolute atomic E-state index is 11.2. The monoisotopic (exact) mass is 252 g/mol. The van der Waals surface area contributed by atoms with Gasteiger partial charge >= 0.3 is 0 Å². The van der Waals surface area contributed by atoms with Crippen LogP contribution in [0.4, 0.5) is 5.69 Å². The van der Waals surface area contributed by atoms with E-state index in [4.69, 9.17) is 5.26 Å². The van der Waals surface area contributed by atoms with Gasteiger partial charge in [-0.1, -0.05) is 12.1 Å². The summed E-state index contributed by atoms with van der Waals surface area (Å²) in [6.07, 6.45) is 1.20. The van der Waals surface area contributed by atoms with Gasteiger partial charge in [-0.05, 0) is 25.5 Å². The molecule has 1 unspecified atom stereocenters. The van der Waals surface area contributed by atoms with E-state index < -0.39 is 9.84 Å². The van der Waals surface area contributed by atoms with Crippen LogP contribution in [0.25, 0.3) is 0 Å². The Kier molecular flexibility index (Phi) is 4.13. The third-order valence-electron chi connectivity index (χ3n) is 2.34. The van der Waals surface area contributed by atoms with Crippen LogP contribution in [0, 0.1) is 18.3 Å². The number of benzene rings is 1. The highest BCUT2D eigenvalue weighted by molar-refractivity contribution is 7.90. The second-order valence-corrected chi connectivity index (χ2v) is 6.43. The fourth-order valence-corrected chi connectivity index (χ4v) is 2.69. The second-order valence-electron chi connectivity index (χ2n) is 4.25. The number of nitriles is 1. The summed E-state index contributed by atoms with van der Waals surface area (Å²) in [6, 6.07) is 7.27. The number of anilines is 1. The first kappa shape index (κ1) is 13.5. The number of aryl methyl sites for hydroxylation is 1. The number of rotatable bonds is 4. The Labute approximate surface area is 102 Å². The number of sulfone groups is 1. The maximum atomic E-state index is 11.2. The fraction of sp³-hybridized carbons (Fsp3) is 0.417. The Balaban J connectivity index is 2.93. The van der Waals surface area contributed by atoms with E-state index in [0.29, 0.717) is 11.3 Å². The molecule has 1 rings (SSSR count). The summed E-state index contributed by atoms with van der Waals surface area (Å²) in [4.78, 5) is 0. The SMILES string of the molecule is Cc1cccc(C#N)c1NC(C)CS(C)(=O)=O. The van der Waals surface area contributed by atoms with E-state index in [1.807, 2.05) is 13.0 Å². The Morgan fingerprint density at radius 1 is 1.47 bits per heavy atom. The van der Waals surface area contributed by atoms with E-state index in [9.17, 15) is 8.42 Å². The topological polar surface area (TPSA) is 70.0 Å². The first-order chi connectivity index (χ1) is 7.83. The molecule has 0 bridgehead atoms. The summed E-state index contributed by atoms with van der Waals surface area (Å²) in [5.74, 6) is 0.0478. The Bertz CT molecular complexity index is 544. The van der Waals surface area contributed by atoms with Crippen LogP contribution in [0.15, 0.2) is 18.2 Å². The summed E-state index contributed by atoms with van der Waals surface area (Å²) in [5.41, 5.74) is 2.18. The molecule has 0 aliphatic carbocycles. The van der Waals surface area contributed by atoms with Crippen LogP contribution in [0.1, 0.15) is 18.1 Å². The number of hydrogen-bond acceptors (Lipinski definition) is 4. The Morgan fingerprint density at radius 3 is 2.65 bits per heavy atom. The molecule has 0 saturated carbocycles. The second kappa shape index (κ2) is 5.19. The van der Waals surface area contributed by atoms with Crippen LogP contribution >= 0.6 is 0 Å². The molecule has 92 valence electrons. The van der Waals surface area contributed by atoms with E-state index in [-0.39, 0.29) is 11.8 Å². The molecule has 0 aliphatic rings. The predicted molar refractivity (Wildman–Crippen MR) is 68.7 cm³/mol. The molecule has 1 aromatic rings. The van der Waals surface area contributed by atoms with Crippen LogP contribution in [0.3, 0.4) is 0 Å². The van der Waals surface area contributed by atoms with Gasteiger partial charge in [-0.15, -0.1) is 0 Å². The summed E-state index contributed by atoms with van der Waals surface area (Å²) in [5, 5.41) is 12.1. The highest BCUT2D eigenvalue weighted by Gasteiger charge is 2.13. The first-order valence-corrected chi connectivity index (χ1v) is 7.33. The number of nitrogens with zero attached hydrogens (tertiary/aromatic N) is 1. The van der Waals surface area contributed by atoms with Crippen molar-refractivity contribution >= 4 is 15.5 Å². The standard InChI is InChI=1S/C12H16N2O2S/c1-9-5-4-6-11(7-13)12(9)14-10(2)8-17(3,15)16/h4-6,10,14H,8H2,1-3H3. The number of hydrogen-bond donors (Lipinski definition) is 1. The Morgan fingerprint density at radius 2 is 2.12 bits per heavy atom. The minimum Gasteiger partial charge on any atom is -0.380 e. The molecule has 0 spiro atoms. The molecular weight excluding hydrogens is 236 g/mol. The first-order valence-electron chi connectivity index (χ1n) is 5.27. The zero-order valence-electron chi connectivity index (χ0n) is 10.2. The highest BCUT2D eigenvalue weighted by atomic mass is 32.2. The van der Waals surface area contributed by atoms with Gasteiger partial charge in [-0.3, -0.25) is 0 Å². The van der Waals surface area contributed by atoms with Crippen molar-refractivity contribution in [1.82, 2.24) is 0 Å². The van der Waals surface area contributed by atoms with Crippen molar-refractivity contribution in [2.45, 2.75) is 19.9 Å². The molecule has 1 N–H and O–H groups in total. The van der Waals surface area contributed by atoms with Gasteiger partial charge in [0.15, 0.2) is 0 Å². The van der Waals surface area contributed by atoms with Gasteiger partial charge in [0, 0.05) is 12.3 Å². The fourth-order valence-electron chi connectivity index (χ4n) is 1.69. The van der Waals surface area contributed by atoms with Crippen LogP contribution in [-0.4, -0.2) is 26.5 Å². The van der Waals surface area contributed by atoms with Gasteiger partial charge in [0.05, 0.1) is 17.0 Å². The van der Waals surface area contributed by atoms with Crippen molar-refractivity contribution in [3.8, 4) is 6.07 Å². The molecule has 4 nitrogen and oxygen atoms in total. The highest BCUT2D eigenvalue weighted by Crippen LogP contribution is 2.20. The van der Waals surface area contributed by atoms with Gasteiger partial charge < -0.3 is 5.32 Å². The van der Waals surface area contributed by atoms with E-state index in [2.05, 4.69) is 11.4 Å². The number of nitrogens with one attached hydrogen (secondary N) is 1. The molecule has 0 amide bonds. The number of para-hydroxylation sites is 1. The van der Waals surface area contributed by atoms with Crippen LogP contribution in [0.2, 0.25) is 0 Å². The van der Waals surface area contributed by atoms with Gasteiger partial charge in [0.25, 0.3) is 0 Å². The summed E-state index contributed by atoms with van der Waals surface area (Å²) in [6.45, 7) is 3.67. The van der Waals surface area contributed by atoms with Gasteiger partial charge in [-0.25, -0.2) is 8.42 Å². The molecule has 0 aliphatic heterocycles. The molecule has 0 radical (unpaired) electrons. The van der Waals surface area contributed by atoms with E-state index in [0.717, 1.165) is 5.56 Å². The zero-order chi connectivity index (χ0) is 13.1. The quantitative estimate of drug-likeness (QED) is 0.885. The summed E-state index contributed by atoms with van der Waals surface area (Å²) >= 11 is 0. The molecule has 17 heavy (non-hydrogen) atoms. The summed E-state index contributed by atoms with van der Waals surface area (Å²) < 4.78 is 22.3. The normalized spacial score (nSPS) is 12.8. The zero-order valence-corrected chi connectivity index (χ0v) is 11.0. The third-order valence-corrected chi connectivity index (χ3v) is 3.44. The van der Waals surface area contributed by atoms with Gasteiger partial charge in [-0.2, -0.15) is 5.26 Å². The van der Waals surface area contributed by atoms with Crippen molar-refractivity contribution in [2.24, 2.45) is 0 Å². The van der Waals surface area contributed by atoms with Gasteiger partial charge in [0.1, 0.15) is 15.9 Å². The van der Waals surface area contributed by atoms with E-state index in [1.54, 1.807) is 19.1 Å². The molecule has 0 aromatic heterocycles. The molecule has 0 fully saturated rings. The maximum Gasteiger partial charge on any atom is 0.149 e. The van der Waals surface area contributed by atoms with Crippen molar-refractivity contribution in [2.75, 3.05) is 17.3 Å². The van der Waals surface area contributed by atoms with E-state index in [1.165, 1.54) is 6.26 Å². The average molecular weight is 252 g/mol. The van der Waals surface area contributed by atoms with Crippen molar-refractivity contribution in [1.29, 1.82) is 5.26 Å². The molecule has 1 atom stereocenters. The van der Waals surface area contributed by atoms with Crippen molar-refractivity contribution in [3.63, 3.8) is 0 Å². The largest absolute Gasteiger partial charge is 0.380 e. The summed E-state index contributed by atoms with van der Waals surface area (Å²) in [7, 11) is -3.02. The smallest absolute Gasteiger partial charge is 0.149 e. The molecule has 0 saturated heterocycles. The lowest BCUT2D eigenvalue weighted by Gasteiger charge is -2.17. The van der Waals surface area contributed by atoms with Crippen LogP contribution in [-0.2, 0) is 9.84 Å². The van der Waals surface area contributed by atoms with Crippen LogP contribution in [0.5, 0.6) is 0 Å². The van der Waals surface area contributed by atoms with Crippen LogP contribution < -0.4 is 5.32 Å². The molecule has 5 heteroatoms. The van der Waals surface area contributed by atoms with E-state index >= 15 is 0 Å². The lowest BCUT2D eigenvalue weighted by Crippen LogP contribution is -2.25. The molecule has 0 heterocycles. The average Bonchev–Trinajstić information content (AvgIpc) is 2.18. The third kappa shape index (κ3) is 4.08. The van der Waals surface area contributed by atoms with Crippen molar-refractivity contribution in [3.05, 3.63) is 29.3 Å². The molecular formula is C12H16N2O2S. The molecule has 1 aromatic carbocycles. The predicted octanol–water partition coefficient (Wildman–Crippen LogP) is 1.71. The Hall–Kier alpha value is -1.54. The van der Waals surface area contributed by atoms with Crippen molar-refractivity contribution < 1.29 is 8.42 Å². The minimum absolute atomic E-state index is 0.0478. The van der Waals surface area contributed by atoms with Gasteiger partial charge in [0.2, 0.25) is 0 Å². The lowest BCUT2D eigenvalue weighted by atomic mass is 10.1. The lowest BCUT2D eigenvalue weighted by molar-refractivity contribution is 0.598. The minimum atomic E-state index is -3.02.